The minimum atomic E-state index is -0.446. The van der Waals surface area contributed by atoms with Crippen molar-refractivity contribution in [3.05, 3.63) is 68.3 Å². The normalized spacial score (nSPS) is 20.3. The molecule has 2 aliphatic rings. The summed E-state index contributed by atoms with van der Waals surface area (Å²) < 4.78 is 0. The van der Waals surface area contributed by atoms with Crippen LogP contribution in [-0.2, 0) is 4.79 Å². The minimum absolute atomic E-state index is 0.0126. The van der Waals surface area contributed by atoms with E-state index in [-0.39, 0.29) is 17.6 Å². The maximum Gasteiger partial charge on any atom is 0.270 e. The Hall–Kier alpha value is -2.71. The number of nitro benzene ring substituents is 1. The summed E-state index contributed by atoms with van der Waals surface area (Å²) in [7, 11) is 0. The molecule has 1 aliphatic carbocycles. The van der Waals surface area contributed by atoms with Gasteiger partial charge in [0.1, 0.15) is 0 Å². The van der Waals surface area contributed by atoms with E-state index in [4.69, 9.17) is 11.6 Å². The predicted octanol–water partition coefficient (Wildman–Crippen LogP) is 5.58. The van der Waals surface area contributed by atoms with E-state index in [0.29, 0.717) is 26.3 Å². The second kappa shape index (κ2) is 8.97. The number of carbonyl (C=O) groups is 1. The Morgan fingerprint density at radius 2 is 2.07 bits per heavy atom. The van der Waals surface area contributed by atoms with Gasteiger partial charge in [-0.25, -0.2) is 4.99 Å². The van der Waals surface area contributed by atoms with Crippen molar-refractivity contribution in [2.24, 2.45) is 4.99 Å². The molecule has 7 nitrogen and oxygen atoms in total. The van der Waals surface area contributed by atoms with E-state index >= 15 is 0 Å². The number of thioether (sulfide) groups is 1. The van der Waals surface area contributed by atoms with Crippen molar-refractivity contribution < 1.29 is 9.72 Å². The first-order valence-electron chi connectivity index (χ1n) is 9.69. The topological polar surface area (TPSA) is 88.7 Å². The summed E-state index contributed by atoms with van der Waals surface area (Å²) in [4.78, 5) is 34.8. The van der Waals surface area contributed by atoms with Crippen LogP contribution in [0.25, 0.3) is 6.08 Å². The summed E-state index contributed by atoms with van der Waals surface area (Å²) >= 11 is 7.50. The quantitative estimate of drug-likeness (QED) is 0.350. The van der Waals surface area contributed by atoms with Crippen LogP contribution in [0.5, 0.6) is 0 Å². The third-order valence-electron chi connectivity index (χ3n) is 5.12. The number of carbonyl (C=O) groups excluding carboxylic acids is 1. The molecule has 2 heterocycles. The number of hydrogen-bond donors (Lipinski definition) is 0. The van der Waals surface area contributed by atoms with Crippen molar-refractivity contribution in [3.8, 4) is 0 Å². The van der Waals surface area contributed by atoms with Crippen LogP contribution in [0, 0.1) is 10.1 Å². The molecule has 30 heavy (non-hydrogen) atoms. The van der Waals surface area contributed by atoms with Gasteiger partial charge in [-0.05, 0) is 42.3 Å². The summed E-state index contributed by atoms with van der Waals surface area (Å²) in [6.45, 7) is 0. The number of halogens is 1. The van der Waals surface area contributed by atoms with Crippen LogP contribution in [-0.4, -0.2) is 31.9 Å². The van der Waals surface area contributed by atoms with Crippen LogP contribution in [0.1, 0.15) is 37.7 Å². The number of aliphatic imine (C=N–C) groups is 1. The second-order valence-corrected chi connectivity index (χ2v) is 8.57. The van der Waals surface area contributed by atoms with Gasteiger partial charge in [0.25, 0.3) is 11.6 Å². The average molecular weight is 443 g/mol. The Morgan fingerprint density at radius 3 is 2.80 bits per heavy atom. The summed E-state index contributed by atoms with van der Waals surface area (Å²) in [5.41, 5.74) is 1.15. The van der Waals surface area contributed by atoms with Crippen LogP contribution in [0.3, 0.4) is 0 Å². The molecule has 0 radical (unpaired) electrons. The molecule has 4 rings (SSSR count). The number of non-ortho nitro benzene ring substituents is 1. The van der Waals surface area contributed by atoms with E-state index in [0.717, 1.165) is 25.7 Å². The molecule has 2 aromatic rings. The van der Waals surface area contributed by atoms with Gasteiger partial charge in [0, 0.05) is 30.6 Å². The Kier molecular flexibility index (Phi) is 6.15. The van der Waals surface area contributed by atoms with E-state index in [1.165, 1.54) is 36.5 Å². The number of nitrogens with zero attached hydrogens (tertiary/aromatic N) is 4. The number of pyridine rings is 1. The Labute approximate surface area is 183 Å². The zero-order chi connectivity index (χ0) is 21.1. The fourth-order valence-corrected chi connectivity index (χ4v) is 4.88. The second-order valence-electron chi connectivity index (χ2n) is 7.15. The molecule has 2 fully saturated rings. The zero-order valence-corrected chi connectivity index (χ0v) is 17.6. The van der Waals surface area contributed by atoms with Crippen LogP contribution in [0.15, 0.2) is 52.6 Å². The maximum atomic E-state index is 13.3. The lowest BCUT2D eigenvalue weighted by Gasteiger charge is -2.30. The Morgan fingerprint density at radius 1 is 1.27 bits per heavy atom. The lowest BCUT2D eigenvalue weighted by atomic mass is 9.94. The summed E-state index contributed by atoms with van der Waals surface area (Å²) in [6, 6.07) is 8.04. The van der Waals surface area contributed by atoms with Crippen molar-refractivity contribution >= 4 is 51.9 Å². The Bertz CT molecular complexity index is 1050. The highest BCUT2D eigenvalue weighted by atomic mass is 35.5. The van der Waals surface area contributed by atoms with Crippen LogP contribution >= 0.6 is 23.4 Å². The highest BCUT2D eigenvalue weighted by Gasteiger charge is 2.38. The van der Waals surface area contributed by atoms with Gasteiger partial charge in [-0.3, -0.25) is 24.8 Å². The molecule has 154 valence electrons. The van der Waals surface area contributed by atoms with E-state index < -0.39 is 4.92 Å². The molecule has 0 bridgehead atoms. The van der Waals surface area contributed by atoms with Gasteiger partial charge >= 0.3 is 0 Å². The molecule has 0 atom stereocenters. The number of amides is 1. The lowest BCUT2D eigenvalue weighted by Crippen LogP contribution is -2.40. The molecule has 1 amide bonds. The maximum absolute atomic E-state index is 13.3. The molecular formula is C21H19ClN4O3S. The van der Waals surface area contributed by atoms with Crippen LogP contribution in [0.4, 0.5) is 11.4 Å². The number of rotatable bonds is 4. The molecule has 0 unspecified atom stereocenters. The summed E-state index contributed by atoms with van der Waals surface area (Å²) in [5.74, 6) is -0.123. The number of hydrogen-bond acceptors (Lipinski definition) is 6. The minimum Gasteiger partial charge on any atom is -0.283 e. The van der Waals surface area contributed by atoms with Gasteiger partial charge in [-0.1, -0.05) is 43.0 Å². The molecule has 1 saturated heterocycles. The summed E-state index contributed by atoms with van der Waals surface area (Å²) in [6.07, 6.45) is 10.00. The first-order valence-corrected chi connectivity index (χ1v) is 10.9. The van der Waals surface area contributed by atoms with E-state index in [1.54, 1.807) is 35.4 Å². The van der Waals surface area contributed by atoms with Gasteiger partial charge in [-0.2, -0.15) is 0 Å². The molecule has 9 heteroatoms. The van der Waals surface area contributed by atoms with Crippen molar-refractivity contribution in [3.63, 3.8) is 0 Å². The van der Waals surface area contributed by atoms with Gasteiger partial charge in [-0.15, -0.1) is 0 Å². The smallest absolute Gasteiger partial charge is 0.270 e. The fraction of sp³-hybridized carbons (Fsp3) is 0.286. The number of benzene rings is 1. The average Bonchev–Trinajstić information content (AvgIpc) is 3.05. The van der Waals surface area contributed by atoms with Crippen molar-refractivity contribution in [1.82, 2.24) is 9.88 Å². The predicted molar refractivity (Wildman–Crippen MR) is 119 cm³/mol. The van der Waals surface area contributed by atoms with Crippen molar-refractivity contribution in [1.29, 1.82) is 0 Å². The monoisotopic (exact) mass is 442 g/mol. The molecule has 0 spiro atoms. The third-order valence-corrected chi connectivity index (χ3v) is 6.40. The van der Waals surface area contributed by atoms with E-state index in [9.17, 15) is 14.9 Å². The molecule has 1 aromatic carbocycles. The highest BCUT2D eigenvalue weighted by Crippen LogP contribution is 2.39. The highest BCUT2D eigenvalue weighted by molar-refractivity contribution is 8.18. The van der Waals surface area contributed by atoms with Crippen LogP contribution in [0.2, 0.25) is 5.02 Å². The molecular weight excluding hydrogens is 424 g/mol. The van der Waals surface area contributed by atoms with E-state index in [2.05, 4.69) is 9.98 Å². The standard InChI is InChI=1S/C21H19ClN4O3S/c22-17-13-23-10-9-18(17)24-21-25(15-6-2-1-3-7-15)20(27)19(30-21)12-14-5-4-8-16(11-14)26(28)29/h4-5,8-13,15H,1-3,6-7H2/b19-12-,24-21?. The fourth-order valence-electron chi connectivity index (χ4n) is 3.67. The number of amidine groups is 1. The van der Waals surface area contributed by atoms with Crippen molar-refractivity contribution in [2.75, 3.05) is 0 Å². The SMILES string of the molecule is O=C1/C(=C/c2cccc([N+](=O)[O-])c2)SC(=Nc2ccncc2Cl)N1C1CCCCC1. The Balaban J connectivity index is 1.72. The molecule has 1 aromatic heterocycles. The largest absolute Gasteiger partial charge is 0.283 e. The number of nitro groups is 1. The molecule has 1 saturated carbocycles. The van der Waals surface area contributed by atoms with E-state index in [1.807, 2.05) is 0 Å². The van der Waals surface area contributed by atoms with Gasteiger partial charge in [0.05, 0.1) is 20.5 Å². The first-order chi connectivity index (χ1) is 14.5. The lowest BCUT2D eigenvalue weighted by molar-refractivity contribution is -0.384. The molecule has 1 aliphatic heterocycles. The van der Waals surface area contributed by atoms with Gasteiger partial charge in [0.15, 0.2) is 5.17 Å². The zero-order valence-electron chi connectivity index (χ0n) is 16.0. The first kappa shape index (κ1) is 20.6. The van der Waals surface area contributed by atoms with Crippen LogP contribution < -0.4 is 0 Å². The van der Waals surface area contributed by atoms with Gasteiger partial charge < -0.3 is 0 Å². The third kappa shape index (κ3) is 4.39. The number of aromatic nitrogens is 1. The summed E-state index contributed by atoms with van der Waals surface area (Å²) in [5, 5.41) is 12.1. The van der Waals surface area contributed by atoms with Gasteiger partial charge in [0.2, 0.25) is 0 Å². The van der Waals surface area contributed by atoms with Crippen molar-refractivity contribution in [2.45, 2.75) is 38.1 Å². The molecule has 0 N–H and O–H groups in total.